The molecule has 0 saturated heterocycles. The summed E-state index contributed by atoms with van der Waals surface area (Å²) in [7, 11) is 0. The molecule has 0 aromatic rings. The molecular formula is C17H28O2. The first-order chi connectivity index (χ1) is 9.25. The molecule has 0 radical (unpaired) electrons. The fraction of sp³-hybridized carbons (Fsp3) is 0.824. The summed E-state index contributed by atoms with van der Waals surface area (Å²) in [5.41, 5.74) is 0.412. The van der Waals surface area contributed by atoms with Crippen molar-refractivity contribution in [2.24, 2.45) is 5.92 Å². The van der Waals surface area contributed by atoms with Gasteiger partial charge in [-0.15, -0.1) is 0 Å². The van der Waals surface area contributed by atoms with Gasteiger partial charge in [0.2, 0.25) is 0 Å². The lowest BCUT2D eigenvalue weighted by Gasteiger charge is -2.11. The van der Waals surface area contributed by atoms with E-state index in [2.05, 4.69) is 0 Å². The fourth-order valence-corrected chi connectivity index (χ4v) is 2.86. The SMILES string of the molecule is CC1CCCCCCCCCCCCC(=O)C1=C=O. The summed E-state index contributed by atoms with van der Waals surface area (Å²) in [5.74, 6) is 2.04. The predicted octanol–water partition coefficient (Wildman–Crippen LogP) is 4.64. The maximum absolute atomic E-state index is 12.0. The second-order valence-electron chi connectivity index (χ2n) is 5.91. The van der Waals surface area contributed by atoms with Gasteiger partial charge in [0.15, 0.2) is 5.78 Å². The van der Waals surface area contributed by atoms with Crippen LogP contribution in [0.5, 0.6) is 0 Å². The van der Waals surface area contributed by atoms with Gasteiger partial charge >= 0.3 is 0 Å². The number of carbonyl (C=O) groups excluding carboxylic acids is 2. The molecule has 0 aromatic carbocycles. The topological polar surface area (TPSA) is 34.1 Å². The van der Waals surface area contributed by atoms with Gasteiger partial charge < -0.3 is 0 Å². The number of carbonyl (C=O) groups is 1. The molecule has 0 heterocycles. The lowest BCUT2D eigenvalue weighted by molar-refractivity contribution is -0.116. The third kappa shape index (κ3) is 6.73. The highest BCUT2D eigenvalue weighted by atomic mass is 16.1. The van der Waals surface area contributed by atoms with E-state index in [-0.39, 0.29) is 11.7 Å². The third-order valence-electron chi connectivity index (χ3n) is 4.19. The number of hydrogen-bond donors (Lipinski definition) is 0. The van der Waals surface area contributed by atoms with Gasteiger partial charge in [0, 0.05) is 6.42 Å². The van der Waals surface area contributed by atoms with Crippen molar-refractivity contribution in [3.63, 3.8) is 0 Å². The van der Waals surface area contributed by atoms with Crippen LogP contribution in [0.3, 0.4) is 0 Å². The van der Waals surface area contributed by atoms with Gasteiger partial charge in [0.05, 0.1) is 5.57 Å². The van der Waals surface area contributed by atoms with Crippen LogP contribution in [-0.4, -0.2) is 11.7 Å². The number of ketones is 1. The Bertz CT molecular complexity index is 313. The zero-order valence-corrected chi connectivity index (χ0v) is 12.4. The molecule has 0 aromatic heterocycles. The molecule has 2 heteroatoms. The Morgan fingerprint density at radius 3 is 1.84 bits per heavy atom. The average molecular weight is 264 g/mol. The largest absolute Gasteiger partial charge is 0.294 e. The Labute approximate surface area is 117 Å². The minimum Gasteiger partial charge on any atom is -0.294 e. The average Bonchev–Trinajstić information content (AvgIpc) is 2.40. The molecule has 0 amide bonds. The molecule has 0 bridgehead atoms. The molecular weight excluding hydrogens is 236 g/mol. The smallest absolute Gasteiger partial charge is 0.170 e. The highest BCUT2D eigenvalue weighted by Crippen LogP contribution is 2.21. The van der Waals surface area contributed by atoms with E-state index >= 15 is 0 Å². The number of allylic oxidation sites excluding steroid dienone is 1. The Morgan fingerprint density at radius 1 is 0.842 bits per heavy atom. The van der Waals surface area contributed by atoms with Crippen LogP contribution in [0.1, 0.15) is 84.0 Å². The zero-order chi connectivity index (χ0) is 13.9. The molecule has 108 valence electrons. The minimum atomic E-state index is 0.0392. The monoisotopic (exact) mass is 264 g/mol. The van der Waals surface area contributed by atoms with Crippen molar-refractivity contribution in [2.45, 2.75) is 84.0 Å². The summed E-state index contributed by atoms with van der Waals surface area (Å²) in [4.78, 5) is 23.0. The van der Waals surface area contributed by atoms with E-state index in [9.17, 15) is 9.59 Å². The van der Waals surface area contributed by atoms with Gasteiger partial charge in [-0.05, 0) is 18.8 Å². The molecule has 1 saturated carbocycles. The molecule has 0 spiro atoms. The van der Waals surface area contributed by atoms with Gasteiger partial charge in [0.1, 0.15) is 5.94 Å². The lowest BCUT2D eigenvalue weighted by atomic mass is 9.91. The third-order valence-corrected chi connectivity index (χ3v) is 4.19. The van der Waals surface area contributed by atoms with Crippen LogP contribution < -0.4 is 0 Å². The second kappa shape index (κ2) is 9.97. The van der Waals surface area contributed by atoms with Crippen LogP contribution in [0.2, 0.25) is 0 Å². The van der Waals surface area contributed by atoms with Crippen molar-refractivity contribution < 1.29 is 9.59 Å². The molecule has 19 heavy (non-hydrogen) atoms. The van der Waals surface area contributed by atoms with Crippen LogP contribution in [0.4, 0.5) is 0 Å². The van der Waals surface area contributed by atoms with E-state index < -0.39 is 0 Å². The van der Waals surface area contributed by atoms with Crippen LogP contribution in [0.15, 0.2) is 5.57 Å². The van der Waals surface area contributed by atoms with E-state index in [4.69, 9.17) is 0 Å². The Hall–Kier alpha value is -0.880. The summed E-state index contributed by atoms with van der Waals surface area (Å²) in [6.45, 7) is 2.00. The second-order valence-corrected chi connectivity index (χ2v) is 5.91. The zero-order valence-electron chi connectivity index (χ0n) is 12.4. The Morgan fingerprint density at radius 2 is 1.32 bits per heavy atom. The van der Waals surface area contributed by atoms with Gasteiger partial charge in [-0.2, -0.15) is 0 Å². The number of rotatable bonds is 0. The van der Waals surface area contributed by atoms with Gasteiger partial charge in [-0.3, -0.25) is 4.79 Å². The summed E-state index contributed by atoms with van der Waals surface area (Å²) in [5, 5.41) is 0. The first-order valence-electron chi connectivity index (χ1n) is 8.04. The van der Waals surface area contributed by atoms with Gasteiger partial charge in [0.25, 0.3) is 0 Å². The maximum Gasteiger partial charge on any atom is 0.170 e. The van der Waals surface area contributed by atoms with Gasteiger partial charge in [-0.1, -0.05) is 64.7 Å². The van der Waals surface area contributed by atoms with Crippen molar-refractivity contribution in [3.8, 4) is 0 Å². The van der Waals surface area contributed by atoms with Crippen LogP contribution in [-0.2, 0) is 9.59 Å². The van der Waals surface area contributed by atoms with E-state index in [1.54, 1.807) is 0 Å². The summed E-state index contributed by atoms with van der Waals surface area (Å²) in [6, 6.07) is 0. The van der Waals surface area contributed by atoms with E-state index in [0.29, 0.717) is 12.0 Å². The summed E-state index contributed by atoms with van der Waals surface area (Å²) < 4.78 is 0. The fourth-order valence-electron chi connectivity index (χ4n) is 2.86. The highest BCUT2D eigenvalue weighted by molar-refractivity contribution is 6.02. The molecule has 2 nitrogen and oxygen atoms in total. The Balaban J connectivity index is 2.50. The molecule has 1 rings (SSSR count). The van der Waals surface area contributed by atoms with Crippen LogP contribution >= 0.6 is 0 Å². The molecule has 1 atom stereocenters. The van der Waals surface area contributed by atoms with Crippen molar-refractivity contribution in [1.82, 2.24) is 0 Å². The van der Waals surface area contributed by atoms with Crippen LogP contribution in [0.25, 0.3) is 0 Å². The highest BCUT2D eigenvalue weighted by Gasteiger charge is 2.17. The van der Waals surface area contributed by atoms with E-state index in [1.807, 2.05) is 12.9 Å². The molecule has 0 aliphatic heterocycles. The first kappa shape index (κ1) is 16.2. The maximum atomic E-state index is 12.0. The quantitative estimate of drug-likeness (QED) is 0.471. The molecule has 1 aliphatic rings. The van der Waals surface area contributed by atoms with Gasteiger partial charge in [-0.25, -0.2) is 4.79 Å². The van der Waals surface area contributed by atoms with Crippen molar-refractivity contribution in [3.05, 3.63) is 5.57 Å². The number of hydrogen-bond acceptors (Lipinski definition) is 2. The Kier molecular flexibility index (Phi) is 8.49. The van der Waals surface area contributed by atoms with E-state index in [1.165, 1.54) is 44.9 Å². The predicted molar refractivity (Wildman–Crippen MR) is 78.8 cm³/mol. The van der Waals surface area contributed by atoms with E-state index in [0.717, 1.165) is 25.7 Å². The standard InChI is InChI=1S/C17H28O2/c1-15-12-10-8-6-4-2-3-5-7-9-11-13-17(19)16(15)14-18/h15H,2-13H2,1H3. The molecule has 1 unspecified atom stereocenters. The van der Waals surface area contributed by atoms with Crippen molar-refractivity contribution >= 4 is 11.7 Å². The normalized spacial score (nSPS) is 25.2. The first-order valence-corrected chi connectivity index (χ1v) is 8.04. The minimum absolute atomic E-state index is 0.0392. The summed E-state index contributed by atoms with van der Waals surface area (Å²) >= 11 is 0. The molecule has 1 fully saturated rings. The van der Waals surface area contributed by atoms with Crippen molar-refractivity contribution in [1.29, 1.82) is 0 Å². The van der Waals surface area contributed by atoms with Crippen molar-refractivity contribution in [2.75, 3.05) is 0 Å². The lowest BCUT2D eigenvalue weighted by Crippen LogP contribution is -2.11. The molecule has 0 N–H and O–H groups in total. The van der Waals surface area contributed by atoms with Crippen LogP contribution in [0, 0.1) is 5.92 Å². The number of Topliss-reactive ketones (excluding diaryl/α,β-unsaturated/α-hetero) is 1. The summed E-state index contributed by atoms with van der Waals surface area (Å²) in [6.07, 6.45) is 13.7. The molecule has 1 aliphatic carbocycles.